The number of nitrogens with one attached hydrogen (secondary N) is 1. The van der Waals surface area contributed by atoms with Crippen LogP contribution in [0.3, 0.4) is 0 Å². The van der Waals surface area contributed by atoms with Gasteiger partial charge in [-0.05, 0) is 17.7 Å². The number of nitrogens with zero attached hydrogens (tertiary/aromatic N) is 1. The molecule has 4 heteroatoms. The van der Waals surface area contributed by atoms with Gasteiger partial charge in [-0.15, -0.1) is 11.3 Å². The standard InChI is InChI=1S/C15H19BrN2S/c1-15(2,3)14-18-10-13(19-14)9-17-8-11-5-4-6-12(16)7-11/h4-7,10,17H,8-9H2,1-3H3. The number of benzene rings is 1. The van der Waals surface area contributed by atoms with E-state index in [2.05, 4.69) is 65.2 Å². The molecule has 0 bridgehead atoms. The minimum Gasteiger partial charge on any atom is -0.308 e. The van der Waals surface area contributed by atoms with E-state index in [1.807, 2.05) is 12.3 Å². The van der Waals surface area contributed by atoms with Crippen molar-refractivity contribution < 1.29 is 0 Å². The summed E-state index contributed by atoms with van der Waals surface area (Å²) in [7, 11) is 0. The van der Waals surface area contributed by atoms with Gasteiger partial charge < -0.3 is 5.32 Å². The largest absolute Gasteiger partial charge is 0.308 e. The summed E-state index contributed by atoms with van der Waals surface area (Å²) in [6.45, 7) is 8.35. The quantitative estimate of drug-likeness (QED) is 0.888. The fourth-order valence-corrected chi connectivity index (χ4v) is 3.10. The number of thiazole rings is 1. The normalized spacial score (nSPS) is 11.8. The Morgan fingerprint density at radius 3 is 2.68 bits per heavy atom. The molecule has 0 saturated carbocycles. The molecule has 1 aromatic heterocycles. The van der Waals surface area contributed by atoms with Crippen molar-refractivity contribution in [3.05, 3.63) is 50.4 Å². The van der Waals surface area contributed by atoms with E-state index >= 15 is 0 Å². The van der Waals surface area contributed by atoms with E-state index in [0.29, 0.717) is 0 Å². The molecule has 1 aromatic carbocycles. The number of hydrogen-bond acceptors (Lipinski definition) is 3. The Hall–Kier alpha value is -0.710. The predicted octanol–water partition coefficient (Wildman–Crippen LogP) is 4.49. The van der Waals surface area contributed by atoms with Gasteiger partial charge in [-0.25, -0.2) is 4.98 Å². The van der Waals surface area contributed by atoms with Crippen molar-refractivity contribution in [2.24, 2.45) is 0 Å². The zero-order valence-electron chi connectivity index (χ0n) is 11.5. The van der Waals surface area contributed by atoms with Gasteiger partial charge in [0.1, 0.15) is 0 Å². The van der Waals surface area contributed by atoms with Gasteiger partial charge in [-0.3, -0.25) is 0 Å². The van der Waals surface area contributed by atoms with Gasteiger partial charge >= 0.3 is 0 Å². The molecule has 0 radical (unpaired) electrons. The van der Waals surface area contributed by atoms with Crippen molar-refractivity contribution in [2.45, 2.75) is 39.3 Å². The van der Waals surface area contributed by atoms with E-state index in [-0.39, 0.29) is 5.41 Å². The molecule has 0 amide bonds. The van der Waals surface area contributed by atoms with Crippen LogP contribution in [0.4, 0.5) is 0 Å². The van der Waals surface area contributed by atoms with Crippen molar-refractivity contribution in [3.63, 3.8) is 0 Å². The molecular weight excluding hydrogens is 320 g/mol. The van der Waals surface area contributed by atoms with Crippen molar-refractivity contribution in [1.82, 2.24) is 10.3 Å². The van der Waals surface area contributed by atoms with Crippen molar-refractivity contribution >= 4 is 27.3 Å². The smallest absolute Gasteiger partial charge is 0.0981 e. The Balaban J connectivity index is 1.88. The second-order valence-electron chi connectivity index (χ2n) is 5.62. The van der Waals surface area contributed by atoms with Crippen molar-refractivity contribution in [1.29, 1.82) is 0 Å². The number of hydrogen-bond donors (Lipinski definition) is 1. The Kier molecular flexibility index (Phi) is 4.76. The molecule has 0 saturated heterocycles. The molecule has 0 aliphatic rings. The molecule has 2 rings (SSSR count). The number of aromatic nitrogens is 1. The predicted molar refractivity (Wildman–Crippen MR) is 85.5 cm³/mol. The summed E-state index contributed by atoms with van der Waals surface area (Å²) in [6.07, 6.45) is 1.99. The molecule has 0 unspecified atom stereocenters. The fourth-order valence-electron chi connectivity index (χ4n) is 1.71. The van der Waals surface area contributed by atoms with Crippen LogP contribution < -0.4 is 5.32 Å². The van der Waals surface area contributed by atoms with Crippen molar-refractivity contribution in [2.75, 3.05) is 0 Å². The second-order valence-corrected chi connectivity index (χ2v) is 7.65. The summed E-state index contributed by atoms with van der Waals surface area (Å²) >= 11 is 5.28. The highest BCUT2D eigenvalue weighted by atomic mass is 79.9. The van der Waals surface area contributed by atoms with Gasteiger partial charge in [0.15, 0.2) is 0 Å². The fraction of sp³-hybridized carbons (Fsp3) is 0.400. The van der Waals surface area contributed by atoms with E-state index in [4.69, 9.17) is 0 Å². The van der Waals surface area contributed by atoms with E-state index in [1.165, 1.54) is 15.4 Å². The highest BCUT2D eigenvalue weighted by molar-refractivity contribution is 9.10. The minimum atomic E-state index is 0.146. The van der Waals surface area contributed by atoms with Crippen LogP contribution in [0, 0.1) is 0 Å². The summed E-state index contributed by atoms with van der Waals surface area (Å²) in [6, 6.07) is 8.37. The lowest BCUT2D eigenvalue weighted by Gasteiger charge is -2.13. The molecule has 19 heavy (non-hydrogen) atoms. The summed E-state index contributed by atoms with van der Waals surface area (Å²) < 4.78 is 1.12. The molecule has 0 atom stereocenters. The molecule has 1 heterocycles. The molecule has 1 N–H and O–H groups in total. The third-order valence-corrected chi connectivity index (χ3v) is 4.63. The van der Waals surface area contributed by atoms with Gasteiger partial charge in [-0.1, -0.05) is 48.8 Å². The maximum absolute atomic E-state index is 4.50. The summed E-state index contributed by atoms with van der Waals surface area (Å²) in [4.78, 5) is 5.79. The van der Waals surface area contributed by atoms with Crippen LogP contribution >= 0.6 is 27.3 Å². The minimum absolute atomic E-state index is 0.146. The third-order valence-electron chi connectivity index (χ3n) is 2.71. The Morgan fingerprint density at radius 2 is 2.05 bits per heavy atom. The first-order valence-electron chi connectivity index (χ1n) is 6.35. The average molecular weight is 339 g/mol. The topological polar surface area (TPSA) is 24.9 Å². The average Bonchev–Trinajstić information content (AvgIpc) is 2.77. The van der Waals surface area contributed by atoms with Crippen LogP contribution in [-0.2, 0) is 18.5 Å². The monoisotopic (exact) mass is 338 g/mol. The number of halogens is 1. The zero-order chi connectivity index (χ0) is 13.9. The zero-order valence-corrected chi connectivity index (χ0v) is 13.9. The van der Waals surface area contributed by atoms with E-state index in [1.54, 1.807) is 11.3 Å². The van der Waals surface area contributed by atoms with Gasteiger partial charge in [0.2, 0.25) is 0 Å². The van der Waals surface area contributed by atoms with E-state index < -0.39 is 0 Å². The van der Waals surface area contributed by atoms with Crippen LogP contribution in [0.1, 0.15) is 36.2 Å². The summed E-state index contributed by atoms with van der Waals surface area (Å²) in [5.74, 6) is 0. The first-order valence-corrected chi connectivity index (χ1v) is 7.96. The lowest BCUT2D eigenvalue weighted by atomic mass is 9.98. The van der Waals surface area contributed by atoms with Crippen LogP contribution in [0.25, 0.3) is 0 Å². The molecule has 2 nitrogen and oxygen atoms in total. The maximum Gasteiger partial charge on any atom is 0.0981 e. The molecule has 0 spiro atoms. The molecule has 0 aliphatic carbocycles. The Morgan fingerprint density at radius 1 is 1.26 bits per heavy atom. The highest BCUT2D eigenvalue weighted by Crippen LogP contribution is 2.26. The molecule has 0 fully saturated rings. The van der Waals surface area contributed by atoms with Gasteiger partial charge in [-0.2, -0.15) is 0 Å². The molecule has 0 aliphatic heterocycles. The lowest BCUT2D eigenvalue weighted by molar-refractivity contribution is 0.585. The second kappa shape index (κ2) is 6.16. The van der Waals surface area contributed by atoms with Gasteiger partial charge in [0.25, 0.3) is 0 Å². The van der Waals surface area contributed by atoms with Gasteiger partial charge in [0, 0.05) is 34.1 Å². The van der Waals surface area contributed by atoms with Crippen molar-refractivity contribution in [3.8, 4) is 0 Å². The SMILES string of the molecule is CC(C)(C)c1ncc(CNCc2cccc(Br)c2)s1. The Labute approximate surface area is 127 Å². The van der Waals surface area contributed by atoms with Crippen LogP contribution in [0.2, 0.25) is 0 Å². The first-order chi connectivity index (χ1) is 8.95. The van der Waals surface area contributed by atoms with Crippen LogP contribution in [0.5, 0.6) is 0 Å². The first kappa shape index (κ1) is 14.7. The Bertz CT molecular complexity index is 543. The lowest BCUT2D eigenvalue weighted by Crippen LogP contribution is -2.11. The van der Waals surface area contributed by atoms with Crippen LogP contribution in [0.15, 0.2) is 34.9 Å². The van der Waals surface area contributed by atoms with E-state index in [9.17, 15) is 0 Å². The summed E-state index contributed by atoms with van der Waals surface area (Å²) in [5, 5.41) is 4.66. The molecule has 102 valence electrons. The van der Waals surface area contributed by atoms with Gasteiger partial charge in [0.05, 0.1) is 5.01 Å². The number of rotatable bonds is 4. The van der Waals surface area contributed by atoms with Crippen LogP contribution in [-0.4, -0.2) is 4.98 Å². The maximum atomic E-state index is 4.50. The molecular formula is C15H19BrN2S. The summed E-state index contributed by atoms with van der Waals surface area (Å²) in [5.41, 5.74) is 1.43. The third kappa shape index (κ3) is 4.41. The van der Waals surface area contributed by atoms with E-state index in [0.717, 1.165) is 17.6 Å². The highest BCUT2D eigenvalue weighted by Gasteiger charge is 2.17. The molecule has 2 aromatic rings.